The Bertz CT molecular complexity index is 779. The summed E-state index contributed by atoms with van der Waals surface area (Å²) in [5.74, 6) is 1.11. The van der Waals surface area contributed by atoms with Gasteiger partial charge in [-0.15, -0.1) is 11.3 Å². The van der Waals surface area contributed by atoms with Crippen LogP contribution >= 0.6 is 11.3 Å². The maximum absolute atomic E-state index is 13.0. The minimum Gasteiger partial charge on any atom is -0.439 e. The fraction of sp³-hybridized carbons (Fsp3) is 0.294. The number of thiazole rings is 1. The Kier molecular flexibility index (Phi) is 4.27. The predicted molar refractivity (Wildman–Crippen MR) is 91.5 cm³/mol. The van der Waals surface area contributed by atoms with Crippen LogP contribution in [0.4, 0.5) is 9.52 Å². The molecule has 1 saturated heterocycles. The van der Waals surface area contributed by atoms with Gasteiger partial charge >= 0.3 is 0 Å². The summed E-state index contributed by atoms with van der Waals surface area (Å²) in [6.45, 7) is 4.51. The van der Waals surface area contributed by atoms with E-state index in [0.29, 0.717) is 18.2 Å². The van der Waals surface area contributed by atoms with Gasteiger partial charge in [0, 0.05) is 43.3 Å². The average molecular weight is 344 g/mol. The second-order valence-electron chi connectivity index (χ2n) is 5.70. The molecule has 4 rings (SSSR count). The minimum atomic E-state index is -0.253. The molecule has 1 fully saturated rings. The molecule has 5 nitrogen and oxygen atoms in total. The Morgan fingerprint density at radius 2 is 1.88 bits per heavy atom. The third-order valence-corrected chi connectivity index (χ3v) is 4.94. The molecule has 3 aromatic rings. The number of hydrogen-bond acceptors (Lipinski definition) is 6. The van der Waals surface area contributed by atoms with E-state index in [9.17, 15) is 4.39 Å². The predicted octanol–water partition coefficient (Wildman–Crippen LogP) is 3.26. The van der Waals surface area contributed by atoms with Crippen molar-refractivity contribution >= 4 is 16.5 Å². The molecule has 2 aromatic heterocycles. The Morgan fingerprint density at radius 1 is 1.08 bits per heavy atom. The molecule has 1 aliphatic rings. The molecule has 0 spiro atoms. The van der Waals surface area contributed by atoms with E-state index in [-0.39, 0.29) is 5.82 Å². The molecule has 0 radical (unpaired) electrons. The molecule has 0 atom stereocenters. The fourth-order valence-electron chi connectivity index (χ4n) is 2.79. The lowest BCUT2D eigenvalue weighted by atomic mass is 10.2. The van der Waals surface area contributed by atoms with Crippen LogP contribution in [0.5, 0.6) is 0 Å². The van der Waals surface area contributed by atoms with E-state index in [1.807, 2.05) is 11.6 Å². The van der Waals surface area contributed by atoms with Crippen molar-refractivity contribution in [1.29, 1.82) is 0 Å². The van der Waals surface area contributed by atoms with Crippen LogP contribution in [-0.2, 0) is 6.54 Å². The number of rotatable bonds is 4. The molecule has 1 aromatic carbocycles. The molecule has 124 valence electrons. The van der Waals surface area contributed by atoms with Crippen LogP contribution in [0.2, 0.25) is 0 Å². The van der Waals surface area contributed by atoms with Gasteiger partial charge in [-0.3, -0.25) is 4.90 Å². The van der Waals surface area contributed by atoms with Gasteiger partial charge in [-0.25, -0.2) is 14.4 Å². The van der Waals surface area contributed by atoms with Gasteiger partial charge in [0.15, 0.2) is 10.9 Å². The zero-order valence-electron chi connectivity index (χ0n) is 13.1. The average Bonchev–Trinajstić information content (AvgIpc) is 3.28. The Morgan fingerprint density at radius 3 is 2.58 bits per heavy atom. The molecule has 0 saturated carbocycles. The summed E-state index contributed by atoms with van der Waals surface area (Å²) in [5, 5.41) is 3.09. The van der Waals surface area contributed by atoms with Crippen molar-refractivity contribution in [3.63, 3.8) is 0 Å². The fourth-order valence-corrected chi connectivity index (χ4v) is 3.49. The molecule has 0 aliphatic carbocycles. The quantitative estimate of drug-likeness (QED) is 0.727. The highest BCUT2D eigenvalue weighted by Gasteiger charge is 2.20. The highest BCUT2D eigenvalue weighted by atomic mass is 32.1. The van der Waals surface area contributed by atoms with Gasteiger partial charge in [0.2, 0.25) is 5.89 Å². The number of halogens is 1. The molecular weight excluding hydrogens is 327 g/mol. The van der Waals surface area contributed by atoms with Crippen LogP contribution in [0, 0.1) is 5.82 Å². The smallest absolute Gasteiger partial charge is 0.209 e. The highest BCUT2D eigenvalue weighted by molar-refractivity contribution is 7.13. The summed E-state index contributed by atoms with van der Waals surface area (Å²) in [7, 11) is 0. The van der Waals surface area contributed by atoms with Crippen LogP contribution in [-0.4, -0.2) is 41.0 Å². The van der Waals surface area contributed by atoms with Gasteiger partial charge in [0.25, 0.3) is 0 Å². The Hall–Kier alpha value is -2.25. The van der Waals surface area contributed by atoms with E-state index in [4.69, 9.17) is 4.42 Å². The first-order valence-electron chi connectivity index (χ1n) is 7.85. The van der Waals surface area contributed by atoms with Crippen LogP contribution < -0.4 is 4.90 Å². The van der Waals surface area contributed by atoms with Crippen molar-refractivity contribution in [1.82, 2.24) is 14.9 Å². The standard InChI is InChI=1S/C17H17FN4OS/c18-14-3-1-13(2-4-14)15-11-20-16(23-15)12-21-6-8-22(9-7-21)17-19-5-10-24-17/h1-5,10-11H,6-9,12H2. The topological polar surface area (TPSA) is 45.4 Å². The molecule has 24 heavy (non-hydrogen) atoms. The van der Waals surface area contributed by atoms with E-state index >= 15 is 0 Å². The third kappa shape index (κ3) is 3.32. The maximum Gasteiger partial charge on any atom is 0.209 e. The summed E-state index contributed by atoms with van der Waals surface area (Å²) in [5.41, 5.74) is 0.837. The lowest BCUT2D eigenvalue weighted by Crippen LogP contribution is -2.45. The van der Waals surface area contributed by atoms with E-state index in [2.05, 4.69) is 19.8 Å². The van der Waals surface area contributed by atoms with Gasteiger partial charge in [0.05, 0.1) is 12.7 Å². The van der Waals surface area contributed by atoms with Crippen LogP contribution in [0.25, 0.3) is 11.3 Å². The molecule has 1 aliphatic heterocycles. The molecule has 7 heteroatoms. The lowest BCUT2D eigenvalue weighted by molar-refractivity contribution is 0.227. The zero-order chi connectivity index (χ0) is 16.4. The molecule has 0 unspecified atom stereocenters. The second-order valence-corrected chi connectivity index (χ2v) is 6.58. The number of benzene rings is 1. The Labute approximate surface area is 143 Å². The first kappa shape index (κ1) is 15.3. The number of hydrogen-bond donors (Lipinski definition) is 0. The third-order valence-electron chi connectivity index (χ3n) is 4.10. The number of aromatic nitrogens is 2. The van der Waals surface area contributed by atoms with E-state index < -0.39 is 0 Å². The van der Waals surface area contributed by atoms with Crippen molar-refractivity contribution < 1.29 is 8.81 Å². The summed E-state index contributed by atoms with van der Waals surface area (Å²) in [4.78, 5) is 13.3. The van der Waals surface area contributed by atoms with Crippen molar-refractivity contribution in [2.45, 2.75) is 6.54 Å². The van der Waals surface area contributed by atoms with Crippen molar-refractivity contribution in [2.75, 3.05) is 31.1 Å². The highest BCUT2D eigenvalue weighted by Crippen LogP contribution is 2.22. The first-order valence-corrected chi connectivity index (χ1v) is 8.73. The van der Waals surface area contributed by atoms with Crippen LogP contribution in [0.15, 0.2) is 46.5 Å². The van der Waals surface area contributed by atoms with Gasteiger partial charge in [-0.1, -0.05) is 0 Å². The summed E-state index contributed by atoms with van der Waals surface area (Å²) < 4.78 is 18.8. The second kappa shape index (κ2) is 6.70. The molecular formula is C17H17FN4OS. The lowest BCUT2D eigenvalue weighted by Gasteiger charge is -2.33. The number of oxazole rings is 1. The van der Waals surface area contributed by atoms with E-state index in [0.717, 1.165) is 36.9 Å². The monoisotopic (exact) mass is 344 g/mol. The summed E-state index contributed by atoms with van der Waals surface area (Å²) in [6, 6.07) is 6.25. The van der Waals surface area contributed by atoms with Crippen molar-refractivity contribution in [2.24, 2.45) is 0 Å². The van der Waals surface area contributed by atoms with Gasteiger partial charge in [-0.2, -0.15) is 0 Å². The maximum atomic E-state index is 13.0. The van der Waals surface area contributed by atoms with Crippen molar-refractivity contribution in [3.8, 4) is 11.3 Å². The Balaban J connectivity index is 1.36. The number of anilines is 1. The number of piperazine rings is 1. The summed E-state index contributed by atoms with van der Waals surface area (Å²) >= 11 is 1.68. The van der Waals surface area contributed by atoms with Crippen molar-refractivity contribution in [3.05, 3.63) is 53.7 Å². The normalized spacial score (nSPS) is 15.8. The SMILES string of the molecule is Fc1ccc(-c2cnc(CN3CCN(c4nccs4)CC3)o2)cc1. The largest absolute Gasteiger partial charge is 0.439 e. The zero-order valence-corrected chi connectivity index (χ0v) is 13.9. The molecule has 0 bridgehead atoms. The first-order chi connectivity index (χ1) is 11.8. The molecule has 0 N–H and O–H groups in total. The molecule has 3 heterocycles. The van der Waals surface area contributed by atoms with E-state index in [1.165, 1.54) is 12.1 Å². The van der Waals surface area contributed by atoms with Gasteiger partial charge in [0.1, 0.15) is 5.82 Å². The van der Waals surface area contributed by atoms with Gasteiger partial charge in [-0.05, 0) is 24.3 Å². The molecule has 0 amide bonds. The van der Waals surface area contributed by atoms with Gasteiger partial charge < -0.3 is 9.32 Å². The van der Waals surface area contributed by atoms with Crippen LogP contribution in [0.3, 0.4) is 0 Å². The van der Waals surface area contributed by atoms with Crippen LogP contribution in [0.1, 0.15) is 5.89 Å². The minimum absolute atomic E-state index is 0.253. The summed E-state index contributed by atoms with van der Waals surface area (Å²) in [6.07, 6.45) is 3.55. The van der Waals surface area contributed by atoms with E-state index in [1.54, 1.807) is 29.7 Å². The number of nitrogens with zero attached hydrogens (tertiary/aromatic N) is 4.